The van der Waals surface area contributed by atoms with Crippen LogP contribution in [0.5, 0.6) is 0 Å². The zero-order valence-electron chi connectivity index (χ0n) is 11.9. The van der Waals surface area contributed by atoms with Crippen LogP contribution in [0.15, 0.2) is 15.2 Å². The number of hydrogen-bond acceptors (Lipinski definition) is 3. The molecule has 0 saturated carbocycles. The SMILES string of the molecule is CC(C)CNCCC(C)N(C)Cc1csc(Br)c1. The van der Waals surface area contributed by atoms with Crippen molar-refractivity contribution in [3.05, 3.63) is 20.8 Å². The van der Waals surface area contributed by atoms with E-state index in [0.29, 0.717) is 6.04 Å². The smallest absolute Gasteiger partial charge is 0.0701 e. The number of halogens is 1. The zero-order chi connectivity index (χ0) is 13.5. The summed E-state index contributed by atoms with van der Waals surface area (Å²) in [5.41, 5.74) is 1.40. The Labute approximate surface area is 124 Å². The predicted molar refractivity (Wildman–Crippen MR) is 85.3 cm³/mol. The summed E-state index contributed by atoms with van der Waals surface area (Å²) in [6.07, 6.45) is 1.20. The van der Waals surface area contributed by atoms with Gasteiger partial charge >= 0.3 is 0 Å². The zero-order valence-corrected chi connectivity index (χ0v) is 14.3. The summed E-state index contributed by atoms with van der Waals surface area (Å²) in [7, 11) is 2.21. The first kappa shape index (κ1) is 16.2. The van der Waals surface area contributed by atoms with E-state index in [1.807, 2.05) is 0 Å². The molecule has 1 rings (SSSR count). The first-order valence-electron chi connectivity index (χ1n) is 6.63. The van der Waals surface area contributed by atoms with Gasteiger partial charge in [-0.05, 0) is 72.3 Å². The first-order valence-corrected chi connectivity index (χ1v) is 8.30. The van der Waals surface area contributed by atoms with E-state index in [1.54, 1.807) is 11.3 Å². The van der Waals surface area contributed by atoms with Crippen LogP contribution in [0, 0.1) is 5.92 Å². The lowest BCUT2D eigenvalue weighted by Crippen LogP contribution is -2.32. The number of rotatable bonds is 8. The van der Waals surface area contributed by atoms with Crippen molar-refractivity contribution >= 4 is 27.3 Å². The van der Waals surface area contributed by atoms with E-state index < -0.39 is 0 Å². The van der Waals surface area contributed by atoms with Crippen LogP contribution >= 0.6 is 27.3 Å². The lowest BCUT2D eigenvalue weighted by Gasteiger charge is -2.24. The van der Waals surface area contributed by atoms with Gasteiger partial charge in [0, 0.05) is 12.6 Å². The summed E-state index contributed by atoms with van der Waals surface area (Å²) in [4.78, 5) is 2.42. The normalized spacial score (nSPS) is 13.5. The highest BCUT2D eigenvalue weighted by Crippen LogP contribution is 2.22. The monoisotopic (exact) mass is 332 g/mol. The predicted octanol–water partition coefficient (Wildman–Crippen LogP) is 3.97. The molecule has 0 radical (unpaired) electrons. The molecule has 0 aromatic carbocycles. The number of hydrogen-bond donors (Lipinski definition) is 1. The van der Waals surface area contributed by atoms with E-state index in [-0.39, 0.29) is 0 Å². The third kappa shape index (κ3) is 6.32. The van der Waals surface area contributed by atoms with Crippen molar-refractivity contribution in [1.82, 2.24) is 10.2 Å². The maximum Gasteiger partial charge on any atom is 0.0701 e. The van der Waals surface area contributed by atoms with Gasteiger partial charge in [-0.15, -0.1) is 11.3 Å². The van der Waals surface area contributed by atoms with E-state index in [4.69, 9.17) is 0 Å². The molecular weight excluding hydrogens is 308 g/mol. The molecule has 4 heteroatoms. The van der Waals surface area contributed by atoms with E-state index in [2.05, 4.69) is 65.4 Å². The molecule has 0 aliphatic rings. The van der Waals surface area contributed by atoms with Gasteiger partial charge in [0.1, 0.15) is 0 Å². The van der Waals surface area contributed by atoms with Crippen molar-refractivity contribution in [2.45, 2.75) is 39.8 Å². The van der Waals surface area contributed by atoms with Crippen molar-refractivity contribution in [3.8, 4) is 0 Å². The molecule has 0 aliphatic heterocycles. The average Bonchev–Trinajstić information content (AvgIpc) is 2.69. The van der Waals surface area contributed by atoms with E-state index in [0.717, 1.165) is 25.6 Å². The molecule has 1 atom stereocenters. The Morgan fingerprint density at radius 2 is 2.11 bits per heavy atom. The topological polar surface area (TPSA) is 15.3 Å². The quantitative estimate of drug-likeness (QED) is 0.724. The van der Waals surface area contributed by atoms with Gasteiger partial charge in [-0.25, -0.2) is 0 Å². The van der Waals surface area contributed by atoms with Crippen molar-refractivity contribution in [1.29, 1.82) is 0 Å². The summed E-state index contributed by atoms with van der Waals surface area (Å²) in [5.74, 6) is 0.737. The van der Waals surface area contributed by atoms with Crippen LogP contribution in [0.1, 0.15) is 32.8 Å². The van der Waals surface area contributed by atoms with Gasteiger partial charge in [0.25, 0.3) is 0 Å². The molecule has 0 amide bonds. The fourth-order valence-electron chi connectivity index (χ4n) is 1.79. The van der Waals surface area contributed by atoms with Crippen molar-refractivity contribution < 1.29 is 0 Å². The Kier molecular flexibility index (Phi) is 7.46. The lowest BCUT2D eigenvalue weighted by molar-refractivity contribution is 0.236. The largest absolute Gasteiger partial charge is 0.316 e. The standard InChI is InChI=1S/C14H25BrN2S/c1-11(2)8-16-6-5-12(3)17(4)9-13-7-14(15)18-10-13/h7,10-12,16H,5-6,8-9H2,1-4H3. The van der Waals surface area contributed by atoms with Gasteiger partial charge in [0.2, 0.25) is 0 Å². The number of nitrogens with zero attached hydrogens (tertiary/aromatic N) is 1. The first-order chi connectivity index (χ1) is 8.49. The fraction of sp³-hybridized carbons (Fsp3) is 0.714. The van der Waals surface area contributed by atoms with Crippen LogP contribution in [0.25, 0.3) is 0 Å². The molecule has 1 unspecified atom stereocenters. The highest BCUT2D eigenvalue weighted by molar-refractivity contribution is 9.11. The second-order valence-corrected chi connectivity index (χ2v) is 7.70. The van der Waals surface area contributed by atoms with Gasteiger partial charge in [0.05, 0.1) is 3.79 Å². The molecule has 0 saturated heterocycles. The third-order valence-electron chi connectivity index (χ3n) is 3.10. The molecule has 2 nitrogen and oxygen atoms in total. The number of nitrogens with one attached hydrogen (secondary N) is 1. The Hall–Kier alpha value is 0.100. The summed E-state index contributed by atoms with van der Waals surface area (Å²) in [6.45, 7) is 10.1. The molecule has 0 aliphatic carbocycles. The second-order valence-electron chi connectivity index (χ2n) is 5.41. The van der Waals surface area contributed by atoms with Crippen LogP contribution in [-0.4, -0.2) is 31.1 Å². The highest BCUT2D eigenvalue weighted by atomic mass is 79.9. The molecule has 0 fully saturated rings. The minimum atomic E-state index is 0.614. The van der Waals surface area contributed by atoms with Crippen LogP contribution in [0.2, 0.25) is 0 Å². The minimum absolute atomic E-state index is 0.614. The Morgan fingerprint density at radius 3 is 2.67 bits per heavy atom. The number of thiophene rings is 1. The Balaban J connectivity index is 2.22. The van der Waals surface area contributed by atoms with Crippen molar-refractivity contribution in [2.24, 2.45) is 5.92 Å². The van der Waals surface area contributed by atoms with E-state index >= 15 is 0 Å². The van der Waals surface area contributed by atoms with Crippen molar-refractivity contribution in [3.63, 3.8) is 0 Å². The van der Waals surface area contributed by atoms with Gasteiger partial charge in [0.15, 0.2) is 0 Å². The molecule has 0 bridgehead atoms. The minimum Gasteiger partial charge on any atom is -0.316 e. The summed E-state index contributed by atoms with van der Waals surface area (Å²) in [5, 5.41) is 5.73. The molecule has 18 heavy (non-hydrogen) atoms. The van der Waals surface area contributed by atoms with Gasteiger partial charge in [-0.2, -0.15) is 0 Å². The highest BCUT2D eigenvalue weighted by Gasteiger charge is 2.10. The molecule has 1 N–H and O–H groups in total. The Bertz CT molecular complexity index is 338. The van der Waals surface area contributed by atoms with Crippen LogP contribution in [0.4, 0.5) is 0 Å². The second kappa shape index (κ2) is 8.31. The van der Waals surface area contributed by atoms with Gasteiger partial charge in [-0.1, -0.05) is 13.8 Å². The van der Waals surface area contributed by atoms with E-state index in [9.17, 15) is 0 Å². The third-order valence-corrected chi connectivity index (χ3v) is 4.65. The van der Waals surface area contributed by atoms with Crippen LogP contribution in [0.3, 0.4) is 0 Å². The van der Waals surface area contributed by atoms with Gasteiger partial charge in [-0.3, -0.25) is 4.90 Å². The van der Waals surface area contributed by atoms with Gasteiger partial charge < -0.3 is 5.32 Å². The molecule has 1 aromatic rings. The van der Waals surface area contributed by atoms with E-state index in [1.165, 1.54) is 15.8 Å². The lowest BCUT2D eigenvalue weighted by atomic mass is 10.2. The van der Waals surface area contributed by atoms with Crippen LogP contribution in [-0.2, 0) is 6.54 Å². The molecule has 1 aromatic heterocycles. The molecule has 0 spiro atoms. The molecular formula is C14H25BrN2S. The molecule has 104 valence electrons. The maximum atomic E-state index is 3.51. The Morgan fingerprint density at radius 1 is 1.39 bits per heavy atom. The fourth-order valence-corrected chi connectivity index (χ4v) is 2.99. The summed E-state index contributed by atoms with van der Waals surface area (Å²) < 4.78 is 1.22. The summed E-state index contributed by atoms with van der Waals surface area (Å²) >= 11 is 5.27. The average molecular weight is 333 g/mol. The van der Waals surface area contributed by atoms with Crippen molar-refractivity contribution in [2.75, 3.05) is 20.1 Å². The van der Waals surface area contributed by atoms with Crippen LogP contribution < -0.4 is 5.32 Å². The summed E-state index contributed by atoms with van der Waals surface area (Å²) in [6, 6.07) is 2.83. The maximum absolute atomic E-state index is 3.51. The molecule has 1 heterocycles.